The monoisotopic (exact) mass is 428 g/mol. The van der Waals surface area contributed by atoms with Crippen LogP contribution in [-0.4, -0.2) is 36.9 Å². The number of ether oxygens (including phenoxy) is 1. The Morgan fingerprint density at radius 1 is 1.00 bits per heavy atom. The Hall–Kier alpha value is -2.96. The molecule has 0 bridgehead atoms. The molecule has 0 spiro atoms. The summed E-state index contributed by atoms with van der Waals surface area (Å²) in [6, 6.07) is 7.51. The van der Waals surface area contributed by atoms with Crippen LogP contribution in [0.25, 0.3) is 0 Å². The molecule has 164 valence electrons. The van der Waals surface area contributed by atoms with E-state index < -0.39 is 17.5 Å². The minimum Gasteiger partial charge on any atom is -0.496 e. The highest BCUT2D eigenvalue weighted by Gasteiger charge is 2.34. The molecule has 0 radical (unpaired) electrons. The number of nitrogens with zero attached hydrogens (tertiary/aromatic N) is 1. The second-order valence-corrected chi connectivity index (χ2v) is 8.34. The molecule has 2 aromatic rings. The fourth-order valence-corrected chi connectivity index (χ4v) is 4.77. The van der Waals surface area contributed by atoms with Crippen molar-refractivity contribution < 1.29 is 23.1 Å². The summed E-state index contributed by atoms with van der Waals surface area (Å²) in [6.07, 6.45) is 6.00. The van der Waals surface area contributed by atoms with E-state index in [0.717, 1.165) is 37.6 Å². The number of piperidine rings is 1. The fourth-order valence-electron chi connectivity index (χ4n) is 4.77. The van der Waals surface area contributed by atoms with Crippen LogP contribution in [0.5, 0.6) is 5.75 Å². The summed E-state index contributed by atoms with van der Waals surface area (Å²) in [7, 11) is 1.46. The number of hydrogen-bond donors (Lipinski definition) is 1. The number of likely N-dealkylation sites (tertiary alicyclic amines) is 1. The van der Waals surface area contributed by atoms with Gasteiger partial charge in [0, 0.05) is 30.9 Å². The SMILES string of the molecule is COc1cc(NC(=O)c2ccc(F)cc2F)ccc1C(=O)N1CC[C@H]2CCCC[C@H]2C1. The Labute approximate surface area is 180 Å². The van der Waals surface area contributed by atoms with Crippen molar-refractivity contribution in [3.63, 3.8) is 0 Å². The number of methoxy groups -OCH3 is 1. The maximum Gasteiger partial charge on any atom is 0.258 e. The Balaban J connectivity index is 1.48. The van der Waals surface area contributed by atoms with E-state index in [1.54, 1.807) is 18.2 Å². The van der Waals surface area contributed by atoms with Gasteiger partial charge in [-0.15, -0.1) is 0 Å². The van der Waals surface area contributed by atoms with Crippen molar-refractivity contribution in [2.24, 2.45) is 11.8 Å². The van der Waals surface area contributed by atoms with Crippen molar-refractivity contribution in [2.45, 2.75) is 32.1 Å². The molecule has 2 fully saturated rings. The van der Waals surface area contributed by atoms with Crippen LogP contribution in [0, 0.1) is 23.5 Å². The Morgan fingerprint density at radius 2 is 1.74 bits per heavy atom. The molecule has 4 rings (SSSR count). The van der Waals surface area contributed by atoms with Gasteiger partial charge in [-0.05, 0) is 48.9 Å². The zero-order valence-electron chi connectivity index (χ0n) is 17.5. The van der Waals surface area contributed by atoms with Crippen molar-refractivity contribution in [3.05, 3.63) is 59.2 Å². The predicted octanol–water partition coefficient (Wildman–Crippen LogP) is 4.88. The summed E-state index contributed by atoms with van der Waals surface area (Å²) in [5, 5.41) is 2.57. The molecule has 1 aliphatic heterocycles. The topological polar surface area (TPSA) is 58.6 Å². The predicted molar refractivity (Wildman–Crippen MR) is 113 cm³/mol. The summed E-state index contributed by atoms with van der Waals surface area (Å²) in [5.41, 5.74) is 0.520. The molecule has 2 amide bonds. The summed E-state index contributed by atoms with van der Waals surface area (Å²) in [4.78, 5) is 27.4. The minimum absolute atomic E-state index is 0.0803. The zero-order valence-corrected chi connectivity index (χ0v) is 17.5. The standard InChI is InChI=1S/C24H26F2N2O3/c1-31-22-13-18(27-23(29)19-8-6-17(25)12-21(19)26)7-9-20(22)24(30)28-11-10-15-4-2-3-5-16(15)14-28/h6-9,12-13,15-16H,2-5,10-11,14H2,1H3,(H,27,29)/t15-,16+/m1/s1. The van der Waals surface area contributed by atoms with Gasteiger partial charge in [-0.25, -0.2) is 8.78 Å². The van der Waals surface area contributed by atoms with Crippen molar-refractivity contribution in [1.29, 1.82) is 0 Å². The van der Waals surface area contributed by atoms with Gasteiger partial charge >= 0.3 is 0 Å². The molecule has 1 aliphatic carbocycles. The van der Waals surface area contributed by atoms with Crippen LogP contribution in [0.1, 0.15) is 52.8 Å². The van der Waals surface area contributed by atoms with Crippen molar-refractivity contribution in [3.8, 4) is 5.75 Å². The molecule has 2 atom stereocenters. The first-order valence-corrected chi connectivity index (χ1v) is 10.7. The number of hydrogen-bond acceptors (Lipinski definition) is 3. The van der Waals surface area contributed by atoms with Gasteiger partial charge in [-0.1, -0.05) is 19.3 Å². The molecule has 31 heavy (non-hydrogen) atoms. The van der Waals surface area contributed by atoms with Crippen molar-refractivity contribution >= 4 is 17.5 Å². The molecule has 0 aromatic heterocycles. The van der Waals surface area contributed by atoms with Crippen LogP contribution in [-0.2, 0) is 0 Å². The van der Waals surface area contributed by atoms with Gasteiger partial charge in [0.25, 0.3) is 11.8 Å². The van der Waals surface area contributed by atoms with E-state index in [4.69, 9.17) is 4.74 Å². The van der Waals surface area contributed by atoms with Gasteiger partial charge < -0.3 is 15.0 Å². The van der Waals surface area contributed by atoms with Crippen LogP contribution in [0.2, 0.25) is 0 Å². The van der Waals surface area contributed by atoms with E-state index in [-0.39, 0.29) is 11.5 Å². The van der Waals surface area contributed by atoms with E-state index in [9.17, 15) is 18.4 Å². The Bertz CT molecular complexity index is 995. The number of halogens is 2. The van der Waals surface area contributed by atoms with Crippen LogP contribution >= 0.6 is 0 Å². The lowest BCUT2D eigenvalue weighted by Gasteiger charge is -2.41. The number of fused-ring (bicyclic) bond motifs is 1. The van der Waals surface area contributed by atoms with Gasteiger partial charge in [0.15, 0.2) is 0 Å². The maximum atomic E-state index is 13.9. The summed E-state index contributed by atoms with van der Waals surface area (Å²) < 4.78 is 32.4. The summed E-state index contributed by atoms with van der Waals surface area (Å²) >= 11 is 0. The molecule has 2 aromatic carbocycles. The highest BCUT2D eigenvalue weighted by molar-refractivity contribution is 6.05. The number of benzene rings is 2. The van der Waals surface area contributed by atoms with Gasteiger partial charge in [0.1, 0.15) is 17.4 Å². The molecule has 1 heterocycles. The van der Waals surface area contributed by atoms with Gasteiger partial charge in [0.05, 0.1) is 18.2 Å². The zero-order chi connectivity index (χ0) is 22.0. The third-order valence-electron chi connectivity index (χ3n) is 6.44. The smallest absolute Gasteiger partial charge is 0.258 e. The van der Waals surface area contributed by atoms with Gasteiger partial charge in [0.2, 0.25) is 0 Å². The third-order valence-corrected chi connectivity index (χ3v) is 6.44. The van der Waals surface area contributed by atoms with Crippen LogP contribution in [0.4, 0.5) is 14.5 Å². The lowest BCUT2D eigenvalue weighted by molar-refractivity contribution is 0.0518. The Morgan fingerprint density at radius 3 is 2.48 bits per heavy atom. The Kier molecular flexibility index (Phi) is 6.20. The van der Waals surface area contributed by atoms with Crippen LogP contribution in [0.15, 0.2) is 36.4 Å². The molecule has 7 heteroatoms. The van der Waals surface area contributed by atoms with E-state index in [2.05, 4.69) is 5.32 Å². The third kappa shape index (κ3) is 4.55. The van der Waals surface area contributed by atoms with E-state index in [1.165, 1.54) is 32.8 Å². The number of rotatable bonds is 4. The first-order chi connectivity index (χ1) is 15.0. The lowest BCUT2D eigenvalue weighted by Crippen LogP contribution is -2.44. The van der Waals surface area contributed by atoms with E-state index in [1.807, 2.05) is 4.90 Å². The van der Waals surface area contributed by atoms with Crippen molar-refractivity contribution in [1.82, 2.24) is 4.90 Å². The maximum absolute atomic E-state index is 13.9. The highest BCUT2D eigenvalue weighted by atomic mass is 19.1. The van der Waals surface area contributed by atoms with E-state index >= 15 is 0 Å². The highest BCUT2D eigenvalue weighted by Crippen LogP contribution is 2.37. The molecular weight excluding hydrogens is 402 g/mol. The van der Waals surface area contributed by atoms with E-state index in [0.29, 0.717) is 29.0 Å². The van der Waals surface area contributed by atoms with Gasteiger partial charge in [-0.3, -0.25) is 9.59 Å². The molecule has 2 aliphatic rings. The summed E-state index contributed by atoms with van der Waals surface area (Å²) in [5.74, 6) is -0.849. The fraction of sp³-hybridized carbons (Fsp3) is 0.417. The molecule has 0 unspecified atom stereocenters. The largest absolute Gasteiger partial charge is 0.496 e. The first-order valence-electron chi connectivity index (χ1n) is 10.7. The van der Waals surface area contributed by atoms with Crippen molar-refractivity contribution in [2.75, 3.05) is 25.5 Å². The van der Waals surface area contributed by atoms with Crippen LogP contribution in [0.3, 0.4) is 0 Å². The number of carbonyl (C=O) groups excluding carboxylic acids is 2. The van der Waals surface area contributed by atoms with Crippen LogP contribution < -0.4 is 10.1 Å². The molecule has 1 N–H and O–H groups in total. The first kappa shape index (κ1) is 21.3. The molecule has 1 saturated heterocycles. The number of nitrogens with one attached hydrogen (secondary N) is 1. The average molecular weight is 428 g/mol. The second-order valence-electron chi connectivity index (χ2n) is 8.34. The minimum atomic E-state index is -0.942. The normalized spacial score (nSPS) is 20.7. The van der Waals surface area contributed by atoms with Gasteiger partial charge in [-0.2, -0.15) is 0 Å². The number of anilines is 1. The molecule has 5 nitrogen and oxygen atoms in total. The number of carbonyl (C=O) groups is 2. The second kappa shape index (κ2) is 9.04. The quantitative estimate of drug-likeness (QED) is 0.755. The number of amides is 2. The average Bonchev–Trinajstić information content (AvgIpc) is 2.78. The lowest BCUT2D eigenvalue weighted by atomic mass is 9.75. The molecule has 1 saturated carbocycles. The molecular formula is C24H26F2N2O3. The summed E-state index contributed by atoms with van der Waals surface area (Å²) in [6.45, 7) is 1.51.